The van der Waals surface area contributed by atoms with E-state index in [1.807, 2.05) is 0 Å². The highest BCUT2D eigenvalue weighted by molar-refractivity contribution is 5.45. The number of alkyl halides is 3. The highest BCUT2D eigenvalue weighted by atomic mass is 19.4. The molecule has 0 amide bonds. The third-order valence-electron chi connectivity index (χ3n) is 2.00. The number of nitrogens with zero attached hydrogens (tertiary/aromatic N) is 1. The summed E-state index contributed by atoms with van der Waals surface area (Å²) in [6.45, 7) is 1.63. The van der Waals surface area contributed by atoms with E-state index in [9.17, 15) is 27.7 Å². The van der Waals surface area contributed by atoms with Gasteiger partial charge in [-0.1, -0.05) is 6.92 Å². The predicted molar refractivity (Wildman–Crippen MR) is 53.8 cm³/mol. The van der Waals surface area contributed by atoms with Crippen LogP contribution in [0.15, 0.2) is 12.1 Å². The first kappa shape index (κ1) is 14.2. The van der Waals surface area contributed by atoms with E-state index in [1.54, 1.807) is 6.92 Å². The summed E-state index contributed by atoms with van der Waals surface area (Å²) in [7, 11) is 0. The molecule has 0 spiro atoms. The molecule has 1 aromatic rings. The second kappa shape index (κ2) is 5.19. The molecule has 0 aliphatic carbocycles. The van der Waals surface area contributed by atoms with Crippen molar-refractivity contribution in [3.05, 3.63) is 33.6 Å². The van der Waals surface area contributed by atoms with Crippen LogP contribution < -0.4 is 4.74 Å². The zero-order chi connectivity index (χ0) is 13.9. The zero-order valence-electron chi connectivity index (χ0n) is 9.25. The van der Waals surface area contributed by atoms with Gasteiger partial charge in [0.2, 0.25) is 0 Å². The lowest BCUT2D eigenvalue weighted by atomic mass is 10.1. The maximum atomic E-state index is 13.5. The normalized spacial score (nSPS) is 11.4. The summed E-state index contributed by atoms with van der Waals surface area (Å²) in [4.78, 5) is 9.44. The highest BCUT2D eigenvalue weighted by Crippen LogP contribution is 2.37. The van der Waals surface area contributed by atoms with E-state index in [-0.39, 0.29) is 12.7 Å². The summed E-state index contributed by atoms with van der Waals surface area (Å²) in [5.41, 5.74) is -2.57. The molecule has 100 valence electrons. The molecule has 0 aliphatic heterocycles. The van der Waals surface area contributed by atoms with Crippen molar-refractivity contribution in [2.75, 3.05) is 6.61 Å². The van der Waals surface area contributed by atoms with E-state index >= 15 is 0 Å². The highest BCUT2D eigenvalue weighted by Gasteiger charge is 2.37. The van der Waals surface area contributed by atoms with Gasteiger partial charge >= 0.3 is 6.18 Å². The van der Waals surface area contributed by atoms with Gasteiger partial charge in [-0.3, -0.25) is 10.1 Å². The molecule has 0 saturated carbocycles. The van der Waals surface area contributed by atoms with Gasteiger partial charge in [-0.2, -0.15) is 13.2 Å². The van der Waals surface area contributed by atoms with Crippen molar-refractivity contribution in [1.82, 2.24) is 0 Å². The van der Waals surface area contributed by atoms with Gasteiger partial charge in [0, 0.05) is 6.07 Å². The van der Waals surface area contributed by atoms with Crippen LogP contribution in [0.4, 0.5) is 23.2 Å². The topological polar surface area (TPSA) is 52.4 Å². The Labute approximate surface area is 99.3 Å². The molecule has 1 rings (SSSR count). The SMILES string of the molecule is CCCOc1cc([N+](=O)[O-])cc(C(F)(F)F)c1F. The molecule has 0 fully saturated rings. The average molecular weight is 267 g/mol. The number of non-ortho nitro benzene ring substituents is 1. The van der Waals surface area contributed by atoms with Crippen LogP contribution in [-0.4, -0.2) is 11.5 Å². The van der Waals surface area contributed by atoms with E-state index in [1.165, 1.54) is 0 Å². The Morgan fingerprint density at radius 1 is 1.39 bits per heavy atom. The van der Waals surface area contributed by atoms with Crippen LogP contribution in [0.5, 0.6) is 5.75 Å². The lowest BCUT2D eigenvalue weighted by molar-refractivity contribution is -0.385. The third kappa shape index (κ3) is 3.08. The summed E-state index contributed by atoms with van der Waals surface area (Å²) < 4.78 is 55.6. The molecular formula is C10H9F4NO3. The van der Waals surface area contributed by atoms with E-state index < -0.39 is 33.9 Å². The number of halogens is 4. The Morgan fingerprint density at radius 2 is 2.00 bits per heavy atom. The fraction of sp³-hybridized carbons (Fsp3) is 0.400. The summed E-state index contributed by atoms with van der Waals surface area (Å²) in [6, 6.07) is 0.786. The molecule has 0 radical (unpaired) electrons. The number of hydrogen-bond acceptors (Lipinski definition) is 3. The number of ether oxygens (including phenoxy) is 1. The lowest BCUT2D eigenvalue weighted by Crippen LogP contribution is -2.11. The van der Waals surface area contributed by atoms with Crippen LogP contribution in [-0.2, 0) is 6.18 Å². The smallest absolute Gasteiger partial charge is 0.419 e. The second-order valence-electron chi connectivity index (χ2n) is 3.41. The number of hydrogen-bond donors (Lipinski definition) is 0. The zero-order valence-corrected chi connectivity index (χ0v) is 9.25. The first-order valence-corrected chi connectivity index (χ1v) is 4.95. The van der Waals surface area contributed by atoms with Crippen LogP contribution in [0.1, 0.15) is 18.9 Å². The maximum Gasteiger partial charge on any atom is 0.419 e. The lowest BCUT2D eigenvalue weighted by Gasteiger charge is -2.11. The van der Waals surface area contributed by atoms with E-state index in [2.05, 4.69) is 0 Å². The standard InChI is InChI=1S/C10H9F4NO3/c1-2-3-18-8-5-6(15(16)17)4-7(9(8)11)10(12,13)14/h4-5H,2-3H2,1H3. The molecule has 8 heteroatoms. The first-order chi connectivity index (χ1) is 8.27. The predicted octanol–water partition coefficient (Wildman–Crippen LogP) is 3.54. The van der Waals surface area contributed by atoms with Crippen LogP contribution in [0.25, 0.3) is 0 Å². The van der Waals surface area contributed by atoms with Crippen molar-refractivity contribution < 1.29 is 27.2 Å². The Kier molecular flexibility index (Phi) is 4.10. The van der Waals surface area contributed by atoms with Gasteiger partial charge in [0.25, 0.3) is 5.69 Å². The molecule has 0 aliphatic rings. The molecular weight excluding hydrogens is 258 g/mol. The van der Waals surface area contributed by atoms with E-state index in [0.29, 0.717) is 12.5 Å². The summed E-state index contributed by atoms with van der Waals surface area (Å²) in [6.07, 6.45) is -4.58. The second-order valence-corrected chi connectivity index (χ2v) is 3.41. The molecule has 0 atom stereocenters. The van der Waals surface area contributed by atoms with Crippen molar-refractivity contribution >= 4 is 5.69 Å². The van der Waals surface area contributed by atoms with Gasteiger partial charge in [-0.25, -0.2) is 4.39 Å². The first-order valence-electron chi connectivity index (χ1n) is 4.95. The molecule has 1 aromatic carbocycles. The minimum atomic E-state index is -5.01. The van der Waals surface area contributed by atoms with Crippen LogP contribution in [0.2, 0.25) is 0 Å². The van der Waals surface area contributed by atoms with E-state index in [0.717, 1.165) is 0 Å². The third-order valence-corrected chi connectivity index (χ3v) is 2.00. The molecule has 0 bridgehead atoms. The number of nitro benzene ring substituents is 1. The Morgan fingerprint density at radius 3 is 2.44 bits per heavy atom. The van der Waals surface area contributed by atoms with Gasteiger partial charge in [0.15, 0.2) is 11.6 Å². The molecule has 0 heterocycles. The van der Waals surface area contributed by atoms with E-state index in [4.69, 9.17) is 4.74 Å². The number of benzene rings is 1. The van der Waals surface area contributed by atoms with Crippen LogP contribution in [0.3, 0.4) is 0 Å². The van der Waals surface area contributed by atoms with Crippen molar-refractivity contribution in [2.24, 2.45) is 0 Å². The van der Waals surface area contributed by atoms with Gasteiger partial charge in [0.05, 0.1) is 17.6 Å². The molecule has 0 saturated heterocycles. The minimum Gasteiger partial charge on any atom is -0.490 e. The monoisotopic (exact) mass is 267 g/mol. The van der Waals surface area contributed by atoms with Crippen molar-refractivity contribution in [3.8, 4) is 5.75 Å². The molecule has 0 unspecified atom stereocenters. The fourth-order valence-corrected chi connectivity index (χ4v) is 1.21. The number of rotatable bonds is 4. The maximum absolute atomic E-state index is 13.5. The Balaban J connectivity index is 3.33. The van der Waals surface area contributed by atoms with Gasteiger partial charge in [-0.05, 0) is 6.42 Å². The average Bonchev–Trinajstić information content (AvgIpc) is 2.25. The fourth-order valence-electron chi connectivity index (χ4n) is 1.21. The van der Waals surface area contributed by atoms with Gasteiger partial charge in [0.1, 0.15) is 5.56 Å². The van der Waals surface area contributed by atoms with Gasteiger partial charge in [-0.15, -0.1) is 0 Å². The van der Waals surface area contributed by atoms with Crippen molar-refractivity contribution in [2.45, 2.75) is 19.5 Å². The Bertz CT molecular complexity index is 459. The van der Waals surface area contributed by atoms with Gasteiger partial charge < -0.3 is 4.74 Å². The number of nitro groups is 1. The quantitative estimate of drug-likeness (QED) is 0.476. The molecule has 4 nitrogen and oxygen atoms in total. The minimum absolute atomic E-state index is 0.0324. The largest absolute Gasteiger partial charge is 0.490 e. The van der Waals surface area contributed by atoms with Crippen LogP contribution in [0, 0.1) is 15.9 Å². The summed E-state index contributed by atoms with van der Waals surface area (Å²) in [5, 5.41) is 10.5. The molecule has 0 aromatic heterocycles. The molecule has 18 heavy (non-hydrogen) atoms. The Hall–Kier alpha value is -1.86. The van der Waals surface area contributed by atoms with Crippen LogP contribution >= 0.6 is 0 Å². The molecule has 0 N–H and O–H groups in total. The van der Waals surface area contributed by atoms with Crippen molar-refractivity contribution in [3.63, 3.8) is 0 Å². The van der Waals surface area contributed by atoms with Crippen molar-refractivity contribution in [1.29, 1.82) is 0 Å². The summed E-state index contributed by atoms with van der Waals surface area (Å²) >= 11 is 0. The summed E-state index contributed by atoms with van der Waals surface area (Å²) in [5.74, 6) is -2.40.